The van der Waals surface area contributed by atoms with E-state index in [-0.39, 0.29) is 12.0 Å². The second-order valence-electron chi connectivity index (χ2n) is 8.14. The summed E-state index contributed by atoms with van der Waals surface area (Å²) in [6, 6.07) is 7.98. The average Bonchev–Trinajstić information content (AvgIpc) is 3.27. The molecular weight excluding hydrogens is 364 g/mol. The molecule has 2 aromatic heterocycles. The fourth-order valence-corrected chi connectivity index (χ4v) is 4.30. The summed E-state index contributed by atoms with van der Waals surface area (Å²) in [6.07, 6.45) is 8.03. The predicted molar refractivity (Wildman–Crippen MR) is 112 cm³/mol. The lowest BCUT2D eigenvalue weighted by Crippen LogP contribution is -2.35. The van der Waals surface area contributed by atoms with Gasteiger partial charge in [-0.2, -0.15) is 0 Å². The maximum Gasteiger partial charge on any atom is 0.253 e. The van der Waals surface area contributed by atoms with Gasteiger partial charge in [0.05, 0.1) is 17.4 Å². The first kappa shape index (κ1) is 20.0. The van der Waals surface area contributed by atoms with Crippen molar-refractivity contribution in [3.8, 4) is 0 Å². The fourth-order valence-electron chi connectivity index (χ4n) is 4.30. The Morgan fingerprint density at radius 1 is 1.24 bits per heavy atom. The molecule has 2 aliphatic heterocycles. The van der Waals surface area contributed by atoms with Crippen LogP contribution in [0.4, 0.5) is 0 Å². The van der Waals surface area contributed by atoms with Crippen molar-refractivity contribution in [3.05, 3.63) is 59.2 Å². The lowest BCUT2D eigenvalue weighted by atomic mass is 9.89. The Bertz CT molecular complexity index is 813. The summed E-state index contributed by atoms with van der Waals surface area (Å²) < 4.78 is 5.63. The number of rotatable bonds is 6. The standard InChI is InChI=1S/C23H30N4O2/c1-17-6-7-21(23(28)25-15-20-5-3-13-29-20)22(26-17)19-8-11-27(12-9-19)16-18-4-2-10-24-14-18/h2,4,6-7,10,14,19-20H,3,5,8-9,11-13,15-16H2,1H3,(H,25,28). The number of aryl methyl sites for hydroxylation is 1. The molecule has 0 radical (unpaired) electrons. The van der Waals surface area contributed by atoms with Crippen LogP contribution in [0.5, 0.6) is 0 Å². The SMILES string of the molecule is Cc1ccc(C(=O)NCC2CCCO2)c(C2CCN(Cc3cccnc3)CC2)n1. The lowest BCUT2D eigenvalue weighted by molar-refractivity contribution is 0.0855. The monoisotopic (exact) mass is 394 g/mol. The summed E-state index contributed by atoms with van der Waals surface area (Å²) in [7, 11) is 0. The molecule has 0 saturated carbocycles. The molecule has 1 N–H and O–H groups in total. The number of pyridine rings is 2. The molecule has 2 aromatic rings. The van der Waals surface area contributed by atoms with Gasteiger partial charge in [0.15, 0.2) is 0 Å². The number of aromatic nitrogens is 2. The van der Waals surface area contributed by atoms with Crippen LogP contribution in [0.25, 0.3) is 0 Å². The van der Waals surface area contributed by atoms with Gasteiger partial charge in [0.25, 0.3) is 5.91 Å². The first-order valence-electron chi connectivity index (χ1n) is 10.7. The highest BCUT2D eigenvalue weighted by molar-refractivity contribution is 5.95. The number of carbonyl (C=O) groups excluding carboxylic acids is 1. The number of nitrogens with one attached hydrogen (secondary N) is 1. The van der Waals surface area contributed by atoms with Crippen molar-refractivity contribution < 1.29 is 9.53 Å². The van der Waals surface area contributed by atoms with Gasteiger partial charge < -0.3 is 10.1 Å². The van der Waals surface area contributed by atoms with E-state index in [0.29, 0.717) is 12.5 Å². The van der Waals surface area contributed by atoms with Crippen LogP contribution in [0.1, 0.15) is 58.9 Å². The summed E-state index contributed by atoms with van der Waals surface area (Å²) in [4.78, 5) is 24.3. The van der Waals surface area contributed by atoms with Gasteiger partial charge in [-0.05, 0) is 69.5 Å². The number of nitrogens with zero attached hydrogens (tertiary/aromatic N) is 3. The summed E-state index contributed by atoms with van der Waals surface area (Å²) in [5.74, 6) is 0.296. The Hall–Kier alpha value is -2.31. The van der Waals surface area contributed by atoms with Gasteiger partial charge in [0.1, 0.15) is 0 Å². The summed E-state index contributed by atoms with van der Waals surface area (Å²) >= 11 is 0. The molecular formula is C23H30N4O2. The van der Waals surface area contributed by atoms with Crippen LogP contribution in [0.3, 0.4) is 0 Å². The van der Waals surface area contributed by atoms with Crippen molar-refractivity contribution >= 4 is 5.91 Å². The van der Waals surface area contributed by atoms with Crippen molar-refractivity contribution in [1.29, 1.82) is 0 Å². The Balaban J connectivity index is 1.39. The normalized spacial score (nSPS) is 20.7. The van der Waals surface area contributed by atoms with E-state index in [0.717, 1.165) is 68.9 Å². The zero-order valence-electron chi connectivity index (χ0n) is 17.1. The maximum atomic E-state index is 12.9. The molecule has 29 heavy (non-hydrogen) atoms. The number of carbonyl (C=O) groups is 1. The topological polar surface area (TPSA) is 67.3 Å². The first-order valence-corrected chi connectivity index (χ1v) is 10.7. The zero-order valence-corrected chi connectivity index (χ0v) is 17.1. The van der Waals surface area contributed by atoms with Gasteiger partial charge in [-0.1, -0.05) is 6.07 Å². The number of hydrogen-bond acceptors (Lipinski definition) is 5. The van der Waals surface area contributed by atoms with E-state index in [1.165, 1.54) is 5.56 Å². The van der Waals surface area contributed by atoms with Crippen molar-refractivity contribution in [2.24, 2.45) is 0 Å². The third kappa shape index (κ3) is 5.19. The van der Waals surface area contributed by atoms with Crippen LogP contribution in [0.2, 0.25) is 0 Å². The second kappa shape index (κ2) is 9.46. The van der Waals surface area contributed by atoms with Crippen LogP contribution >= 0.6 is 0 Å². The third-order valence-corrected chi connectivity index (χ3v) is 5.93. The number of ether oxygens (including phenoxy) is 1. The molecule has 2 fully saturated rings. The molecule has 1 atom stereocenters. The minimum atomic E-state index is -0.0270. The first-order chi connectivity index (χ1) is 14.2. The molecule has 6 heteroatoms. The molecule has 0 spiro atoms. The Morgan fingerprint density at radius 3 is 2.83 bits per heavy atom. The summed E-state index contributed by atoms with van der Waals surface area (Å²) in [6.45, 7) is 6.31. The molecule has 2 saturated heterocycles. The van der Waals surface area contributed by atoms with Crippen LogP contribution in [-0.4, -0.2) is 53.1 Å². The number of likely N-dealkylation sites (tertiary alicyclic amines) is 1. The highest BCUT2D eigenvalue weighted by atomic mass is 16.5. The Morgan fingerprint density at radius 2 is 2.10 bits per heavy atom. The fraction of sp³-hybridized carbons (Fsp3) is 0.522. The minimum Gasteiger partial charge on any atom is -0.376 e. The van der Waals surface area contributed by atoms with Crippen LogP contribution < -0.4 is 5.32 Å². The smallest absolute Gasteiger partial charge is 0.253 e. The van der Waals surface area contributed by atoms with Crippen molar-refractivity contribution in [3.63, 3.8) is 0 Å². The third-order valence-electron chi connectivity index (χ3n) is 5.93. The van der Waals surface area contributed by atoms with E-state index in [4.69, 9.17) is 9.72 Å². The van der Waals surface area contributed by atoms with Crippen LogP contribution in [0.15, 0.2) is 36.7 Å². The van der Waals surface area contributed by atoms with Gasteiger partial charge >= 0.3 is 0 Å². The highest BCUT2D eigenvalue weighted by Gasteiger charge is 2.26. The van der Waals surface area contributed by atoms with Crippen molar-refractivity contribution in [1.82, 2.24) is 20.2 Å². The maximum absolute atomic E-state index is 12.9. The number of hydrogen-bond donors (Lipinski definition) is 1. The average molecular weight is 395 g/mol. The summed E-state index contributed by atoms with van der Waals surface area (Å²) in [5.41, 5.74) is 3.89. The van der Waals surface area contributed by atoms with Gasteiger partial charge in [-0.25, -0.2) is 0 Å². The van der Waals surface area contributed by atoms with Crippen molar-refractivity contribution in [2.75, 3.05) is 26.2 Å². The molecule has 1 amide bonds. The van der Waals surface area contributed by atoms with Crippen molar-refractivity contribution in [2.45, 2.75) is 51.2 Å². The summed E-state index contributed by atoms with van der Waals surface area (Å²) in [5, 5.41) is 3.06. The number of amides is 1. The van der Waals surface area contributed by atoms with E-state index in [1.54, 1.807) is 0 Å². The highest BCUT2D eigenvalue weighted by Crippen LogP contribution is 2.30. The number of piperidine rings is 1. The zero-order chi connectivity index (χ0) is 20.1. The van der Waals surface area contributed by atoms with Gasteiger partial charge in [0, 0.05) is 43.7 Å². The Labute approximate surface area is 172 Å². The molecule has 4 heterocycles. The van der Waals surface area contributed by atoms with Crippen LogP contribution in [-0.2, 0) is 11.3 Å². The van der Waals surface area contributed by atoms with E-state index in [9.17, 15) is 4.79 Å². The molecule has 4 rings (SSSR count). The molecule has 154 valence electrons. The van der Waals surface area contributed by atoms with Gasteiger partial charge in [-0.15, -0.1) is 0 Å². The molecule has 2 aliphatic rings. The molecule has 0 aliphatic carbocycles. The predicted octanol–water partition coefficient (Wildman–Crippen LogP) is 3.07. The second-order valence-corrected chi connectivity index (χ2v) is 8.14. The molecule has 1 unspecified atom stereocenters. The lowest BCUT2D eigenvalue weighted by Gasteiger charge is -2.32. The van der Waals surface area contributed by atoms with Crippen LogP contribution in [0, 0.1) is 6.92 Å². The van der Waals surface area contributed by atoms with Gasteiger partial charge in [0.2, 0.25) is 0 Å². The van der Waals surface area contributed by atoms with E-state index >= 15 is 0 Å². The molecule has 0 bridgehead atoms. The minimum absolute atomic E-state index is 0.0270. The van der Waals surface area contributed by atoms with E-state index in [2.05, 4.69) is 21.3 Å². The largest absolute Gasteiger partial charge is 0.376 e. The molecule has 0 aromatic carbocycles. The van der Waals surface area contributed by atoms with Gasteiger partial charge in [-0.3, -0.25) is 19.7 Å². The quantitative estimate of drug-likeness (QED) is 0.816. The molecule has 6 nitrogen and oxygen atoms in total. The van der Waals surface area contributed by atoms with E-state index < -0.39 is 0 Å². The Kier molecular flexibility index (Phi) is 6.52. The van der Waals surface area contributed by atoms with E-state index in [1.807, 2.05) is 37.5 Å².